The summed E-state index contributed by atoms with van der Waals surface area (Å²) in [5.74, 6) is 0.161. The van der Waals surface area contributed by atoms with Crippen LogP contribution in [0.25, 0.3) is 0 Å². The maximum absolute atomic E-state index is 12.4. The van der Waals surface area contributed by atoms with E-state index < -0.39 is 9.84 Å². The molecule has 7 heteroatoms. The maximum Gasteiger partial charge on any atom is 0.224 e. The molecule has 0 aliphatic carbocycles. The van der Waals surface area contributed by atoms with E-state index in [-0.39, 0.29) is 35.8 Å². The standard InChI is InChI=1S/C16H30N2O4S/c1-4-6-7-10-17(14(3)19)11-8-16(20)18(5-2)15-9-12-23(21,22)13-15/h15H,4-13H2,1-3H3. The Morgan fingerprint density at radius 3 is 2.30 bits per heavy atom. The van der Waals surface area contributed by atoms with Crippen LogP contribution >= 0.6 is 0 Å². The van der Waals surface area contributed by atoms with Crippen molar-refractivity contribution < 1.29 is 18.0 Å². The third-order valence-electron chi connectivity index (χ3n) is 4.38. The maximum atomic E-state index is 12.4. The number of hydrogen-bond acceptors (Lipinski definition) is 4. The minimum Gasteiger partial charge on any atom is -0.342 e. The second-order valence-electron chi connectivity index (χ2n) is 6.20. The highest BCUT2D eigenvalue weighted by molar-refractivity contribution is 7.91. The van der Waals surface area contributed by atoms with Crippen LogP contribution in [0.2, 0.25) is 0 Å². The van der Waals surface area contributed by atoms with Crippen molar-refractivity contribution in [2.24, 2.45) is 0 Å². The lowest BCUT2D eigenvalue weighted by atomic mass is 10.2. The zero-order valence-corrected chi connectivity index (χ0v) is 15.4. The monoisotopic (exact) mass is 346 g/mol. The predicted molar refractivity (Wildman–Crippen MR) is 90.8 cm³/mol. The van der Waals surface area contributed by atoms with Crippen LogP contribution < -0.4 is 0 Å². The van der Waals surface area contributed by atoms with Gasteiger partial charge in [-0.25, -0.2) is 8.42 Å². The van der Waals surface area contributed by atoms with Gasteiger partial charge in [-0.2, -0.15) is 0 Å². The molecule has 1 rings (SSSR count). The molecular formula is C16H30N2O4S. The minimum atomic E-state index is -3.00. The molecule has 0 aromatic heterocycles. The lowest BCUT2D eigenvalue weighted by Gasteiger charge is -2.28. The van der Waals surface area contributed by atoms with Gasteiger partial charge < -0.3 is 9.80 Å². The van der Waals surface area contributed by atoms with Crippen molar-refractivity contribution in [3.05, 3.63) is 0 Å². The van der Waals surface area contributed by atoms with Gasteiger partial charge in [0, 0.05) is 39.0 Å². The highest BCUT2D eigenvalue weighted by Crippen LogP contribution is 2.18. The van der Waals surface area contributed by atoms with Gasteiger partial charge in [0.15, 0.2) is 9.84 Å². The first-order valence-electron chi connectivity index (χ1n) is 8.56. The van der Waals surface area contributed by atoms with E-state index in [0.717, 1.165) is 19.3 Å². The van der Waals surface area contributed by atoms with Crippen LogP contribution in [0.3, 0.4) is 0 Å². The first-order chi connectivity index (χ1) is 10.8. The van der Waals surface area contributed by atoms with Gasteiger partial charge >= 0.3 is 0 Å². The zero-order chi connectivity index (χ0) is 17.5. The van der Waals surface area contributed by atoms with Crippen LogP contribution in [0.5, 0.6) is 0 Å². The van der Waals surface area contributed by atoms with E-state index in [0.29, 0.717) is 26.1 Å². The minimum absolute atomic E-state index is 0.0135. The van der Waals surface area contributed by atoms with Crippen molar-refractivity contribution in [1.82, 2.24) is 9.80 Å². The average molecular weight is 346 g/mol. The Hall–Kier alpha value is -1.11. The van der Waals surface area contributed by atoms with Crippen LogP contribution in [-0.2, 0) is 19.4 Å². The molecule has 0 radical (unpaired) electrons. The number of unbranched alkanes of at least 4 members (excludes halogenated alkanes) is 2. The van der Waals surface area contributed by atoms with Crippen LogP contribution in [0.15, 0.2) is 0 Å². The molecule has 1 unspecified atom stereocenters. The third kappa shape index (κ3) is 6.49. The molecule has 1 atom stereocenters. The molecule has 6 nitrogen and oxygen atoms in total. The van der Waals surface area contributed by atoms with Gasteiger partial charge in [-0.15, -0.1) is 0 Å². The normalized spacial score (nSPS) is 19.5. The fourth-order valence-electron chi connectivity index (χ4n) is 3.01. The number of hydrogen-bond donors (Lipinski definition) is 0. The topological polar surface area (TPSA) is 74.8 Å². The molecule has 1 fully saturated rings. The second kappa shape index (κ2) is 9.25. The number of sulfone groups is 1. The van der Waals surface area contributed by atoms with Gasteiger partial charge in [0.25, 0.3) is 0 Å². The molecule has 0 N–H and O–H groups in total. The second-order valence-corrected chi connectivity index (χ2v) is 8.43. The van der Waals surface area contributed by atoms with Gasteiger partial charge in [-0.1, -0.05) is 19.8 Å². The number of carbonyl (C=O) groups excluding carboxylic acids is 2. The largest absolute Gasteiger partial charge is 0.342 e. The summed E-state index contributed by atoms with van der Waals surface area (Å²) >= 11 is 0. The van der Waals surface area contributed by atoms with Crippen molar-refractivity contribution in [2.75, 3.05) is 31.1 Å². The highest BCUT2D eigenvalue weighted by Gasteiger charge is 2.33. The molecule has 0 aromatic carbocycles. The van der Waals surface area contributed by atoms with Crippen LogP contribution in [-0.4, -0.2) is 67.2 Å². The first-order valence-corrected chi connectivity index (χ1v) is 10.4. The van der Waals surface area contributed by atoms with Crippen molar-refractivity contribution >= 4 is 21.7 Å². The Morgan fingerprint density at radius 1 is 1.13 bits per heavy atom. The predicted octanol–water partition coefficient (Wildman–Crippen LogP) is 1.45. The molecule has 0 saturated carbocycles. The van der Waals surface area contributed by atoms with Crippen LogP contribution in [0, 0.1) is 0 Å². The van der Waals surface area contributed by atoms with Crippen LogP contribution in [0.1, 0.15) is 52.9 Å². The average Bonchev–Trinajstić information content (AvgIpc) is 2.83. The number of carbonyl (C=O) groups is 2. The summed E-state index contributed by atoms with van der Waals surface area (Å²) in [4.78, 5) is 27.5. The van der Waals surface area contributed by atoms with Gasteiger partial charge in [0.05, 0.1) is 11.5 Å². The Labute approximate surface area is 140 Å². The van der Waals surface area contributed by atoms with Crippen molar-refractivity contribution in [2.45, 2.75) is 58.9 Å². The molecule has 1 saturated heterocycles. The Morgan fingerprint density at radius 2 is 1.83 bits per heavy atom. The van der Waals surface area contributed by atoms with Gasteiger partial charge in [-0.3, -0.25) is 9.59 Å². The summed E-state index contributed by atoms with van der Waals surface area (Å²) in [6.45, 7) is 7.10. The van der Waals surface area contributed by atoms with Gasteiger partial charge in [0.2, 0.25) is 11.8 Å². The zero-order valence-electron chi connectivity index (χ0n) is 14.6. The molecule has 0 bridgehead atoms. The van der Waals surface area contributed by atoms with E-state index >= 15 is 0 Å². The SMILES string of the molecule is CCCCCN(CCC(=O)N(CC)C1CCS(=O)(=O)C1)C(C)=O. The van der Waals surface area contributed by atoms with E-state index in [4.69, 9.17) is 0 Å². The summed E-state index contributed by atoms with van der Waals surface area (Å²) in [6.07, 6.45) is 3.89. The molecular weight excluding hydrogens is 316 g/mol. The molecule has 0 spiro atoms. The van der Waals surface area contributed by atoms with E-state index in [1.807, 2.05) is 6.92 Å². The van der Waals surface area contributed by atoms with Crippen LogP contribution in [0.4, 0.5) is 0 Å². The fourth-order valence-corrected chi connectivity index (χ4v) is 4.74. The van der Waals surface area contributed by atoms with Crippen molar-refractivity contribution in [3.8, 4) is 0 Å². The van der Waals surface area contributed by atoms with E-state index in [1.54, 1.807) is 9.80 Å². The summed E-state index contributed by atoms with van der Waals surface area (Å²) in [5.41, 5.74) is 0. The van der Waals surface area contributed by atoms with E-state index in [1.165, 1.54) is 6.92 Å². The molecule has 1 heterocycles. The van der Waals surface area contributed by atoms with Gasteiger partial charge in [-0.05, 0) is 19.8 Å². The number of rotatable bonds is 9. The van der Waals surface area contributed by atoms with Gasteiger partial charge in [0.1, 0.15) is 0 Å². The van der Waals surface area contributed by atoms with Crippen molar-refractivity contribution in [1.29, 1.82) is 0 Å². The number of amides is 2. The number of nitrogens with zero attached hydrogens (tertiary/aromatic N) is 2. The molecule has 2 amide bonds. The van der Waals surface area contributed by atoms with E-state index in [9.17, 15) is 18.0 Å². The smallest absolute Gasteiger partial charge is 0.224 e. The molecule has 23 heavy (non-hydrogen) atoms. The molecule has 134 valence electrons. The molecule has 1 aliphatic rings. The van der Waals surface area contributed by atoms with Crippen molar-refractivity contribution in [3.63, 3.8) is 0 Å². The summed E-state index contributed by atoms with van der Waals surface area (Å²) in [7, 11) is -3.00. The third-order valence-corrected chi connectivity index (χ3v) is 6.13. The fraction of sp³-hybridized carbons (Fsp3) is 0.875. The lowest BCUT2D eigenvalue weighted by molar-refractivity contribution is -0.134. The Balaban J connectivity index is 2.53. The lowest BCUT2D eigenvalue weighted by Crippen LogP contribution is -2.42. The summed E-state index contributed by atoms with van der Waals surface area (Å²) in [6, 6.07) is -0.205. The van der Waals surface area contributed by atoms with E-state index in [2.05, 4.69) is 6.92 Å². The first kappa shape index (κ1) is 19.9. The molecule has 0 aromatic rings. The Kier molecular flexibility index (Phi) is 8.02. The Bertz CT molecular complexity index is 504. The molecule has 1 aliphatic heterocycles. The quantitative estimate of drug-likeness (QED) is 0.592. The summed E-state index contributed by atoms with van der Waals surface area (Å²) < 4.78 is 23.2. The highest BCUT2D eigenvalue weighted by atomic mass is 32.2. The summed E-state index contributed by atoms with van der Waals surface area (Å²) in [5, 5.41) is 0.